The van der Waals surface area contributed by atoms with Crippen LogP contribution >= 0.6 is 11.6 Å². The van der Waals surface area contributed by atoms with Gasteiger partial charge in [0, 0.05) is 6.20 Å². The molecule has 0 bridgehead atoms. The predicted molar refractivity (Wildman–Crippen MR) is 72.3 cm³/mol. The number of fused-ring (bicyclic) bond motifs is 1. The van der Waals surface area contributed by atoms with Crippen molar-refractivity contribution in [2.45, 2.75) is 6.04 Å². The summed E-state index contributed by atoms with van der Waals surface area (Å²) in [5, 5.41) is 10.7. The monoisotopic (exact) mass is 290 g/mol. The predicted octanol–water partition coefficient (Wildman–Crippen LogP) is 1.99. The molecular weight excluding hydrogens is 280 g/mol. The van der Waals surface area contributed by atoms with Gasteiger partial charge in [0.05, 0.1) is 22.7 Å². The third kappa shape index (κ3) is 1.75. The summed E-state index contributed by atoms with van der Waals surface area (Å²) < 4.78 is 0. The van der Waals surface area contributed by atoms with Crippen LogP contribution in [0.3, 0.4) is 0 Å². The van der Waals surface area contributed by atoms with Crippen molar-refractivity contribution in [1.29, 1.82) is 0 Å². The van der Waals surface area contributed by atoms with E-state index in [4.69, 9.17) is 11.6 Å². The first-order chi connectivity index (χ1) is 9.65. The Balaban J connectivity index is 2.05. The number of hydroxylamine groups is 2. The molecule has 0 fully saturated rings. The summed E-state index contributed by atoms with van der Waals surface area (Å²) in [5.74, 6) is -0.730. The van der Waals surface area contributed by atoms with Gasteiger partial charge >= 0.3 is 0 Å². The van der Waals surface area contributed by atoms with Crippen LogP contribution in [0, 0.1) is 0 Å². The number of hydrogen-bond donors (Lipinski definition) is 1. The fraction of sp³-hybridized carbons (Fsp3) is 0.143. The molecule has 1 atom stereocenters. The van der Waals surface area contributed by atoms with Crippen LogP contribution in [0.1, 0.15) is 20.7 Å². The first-order valence-corrected chi connectivity index (χ1v) is 6.58. The average Bonchev–Trinajstić information content (AvgIpc) is 2.71. The maximum atomic E-state index is 12.4. The van der Waals surface area contributed by atoms with Gasteiger partial charge in [-0.2, -0.15) is 0 Å². The Morgan fingerprint density at radius 3 is 2.30 bits per heavy atom. The molecule has 2 amide bonds. The van der Waals surface area contributed by atoms with E-state index in [1.165, 1.54) is 6.20 Å². The van der Waals surface area contributed by atoms with E-state index in [0.717, 1.165) is 9.96 Å². The van der Waals surface area contributed by atoms with Crippen molar-refractivity contribution in [2.75, 3.05) is 5.88 Å². The highest BCUT2D eigenvalue weighted by Gasteiger charge is 2.40. The van der Waals surface area contributed by atoms with Gasteiger partial charge in [0.25, 0.3) is 11.8 Å². The van der Waals surface area contributed by atoms with E-state index in [1.807, 2.05) is 0 Å². The second-order valence-electron chi connectivity index (χ2n) is 4.47. The Morgan fingerprint density at radius 2 is 1.75 bits per heavy atom. The first-order valence-electron chi connectivity index (χ1n) is 6.04. The molecule has 6 heteroatoms. The highest BCUT2D eigenvalue weighted by atomic mass is 35.5. The van der Waals surface area contributed by atoms with Crippen LogP contribution in [0.2, 0.25) is 0 Å². The lowest BCUT2D eigenvalue weighted by Crippen LogP contribution is -2.43. The number of amides is 2. The number of carbonyl (C=O) groups excluding carboxylic acids is 2. The normalized spacial score (nSPS) is 21.3. The third-order valence-electron chi connectivity index (χ3n) is 3.36. The molecule has 1 aromatic carbocycles. The number of allylic oxidation sites excluding steroid dienone is 2. The van der Waals surface area contributed by atoms with Gasteiger partial charge in [0.1, 0.15) is 6.04 Å². The molecule has 102 valence electrons. The number of carbonyl (C=O) groups is 2. The molecule has 1 aromatic rings. The summed E-state index contributed by atoms with van der Waals surface area (Å²) in [4.78, 5) is 25.8. The van der Waals surface area contributed by atoms with Crippen LogP contribution < -0.4 is 0 Å². The summed E-state index contributed by atoms with van der Waals surface area (Å²) in [6, 6.07) is 6.01. The molecule has 3 rings (SSSR count). The van der Waals surface area contributed by atoms with Gasteiger partial charge in [-0.15, -0.1) is 11.6 Å². The smallest absolute Gasteiger partial charge is 0.265 e. The molecular formula is C14H11ClN2O3. The molecule has 0 saturated carbocycles. The van der Waals surface area contributed by atoms with E-state index in [9.17, 15) is 14.8 Å². The quantitative estimate of drug-likeness (QED) is 0.668. The molecule has 0 saturated heterocycles. The van der Waals surface area contributed by atoms with Crippen molar-refractivity contribution in [2.24, 2.45) is 0 Å². The molecule has 2 heterocycles. The molecule has 2 aliphatic rings. The zero-order chi connectivity index (χ0) is 14.3. The molecule has 20 heavy (non-hydrogen) atoms. The Bertz CT molecular complexity index is 619. The van der Waals surface area contributed by atoms with Crippen molar-refractivity contribution in [3.05, 3.63) is 59.4 Å². The maximum Gasteiger partial charge on any atom is 0.265 e. The lowest BCUT2D eigenvalue weighted by molar-refractivity contribution is -0.0672. The van der Waals surface area contributed by atoms with Crippen molar-refractivity contribution in [1.82, 2.24) is 9.96 Å². The first kappa shape index (κ1) is 12.9. The van der Waals surface area contributed by atoms with Crippen LogP contribution in [-0.2, 0) is 0 Å². The minimum atomic E-state index is -0.635. The topological polar surface area (TPSA) is 60.9 Å². The van der Waals surface area contributed by atoms with Crippen LogP contribution in [0.25, 0.3) is 0 Å². The molecule has 1 unspecified atom stereocenters. The number of alkyl halides is 1. The van der Waals surface area contributed by atoms with Crippen molar-refractivity contribution in [3.63, 3.8) is 0 Å². The van der Waals surface area contributed by atoms with E-state index in [2.05, 4.69) is 0 Å². The Morgan fingerprint density at radius 1 is 1.15 bits per heavy atom. The number of benzene rings is 1. The fourth-order valence-corrected chi connectivity index (χ4v) is 2.68. The second-order valence-corrected chi connectivity index (χ2v) is 4.78. The SMILES string of the molecule is O=C1c2ccccc2C(=O)N1C1=CC=CN(O)C1CCl. The fourth-order valence-electron chi connectivity index (χ4n) is 2.38. The summed E-state index contributed by atoms with van der Waals surface area (Å²) in [6.07, 6.45) is 4.60. The Hall–Kier alpha value is -2.11. The zero-order valence-corrected chi connectivity index (χ0v) is 11.1. The van der Waals surface area contributed by atoms with Crippen molar-refractivity contribution in [3.8, 4) is 0 Å². The van der Waals surface area contributed by atoms with Crippen molar-refractivity contribution < 1.29 is 14.8 Å². The third-order valence-corrected chi connectivity index (χ3v) is 3.66. The summed E-state index contributed by atoms with van der Waals surface area (Å²) in [6.45, 7) is 0. The van der Waals surface area contributed by atoms with E-state index >= 15 is 0 Å². The Kier molecular flexibility index (Phi) is 3.08. The number of imide groups is 1. The highest BCUT2D eigenvalue weighted by Crippen LogP contribution is 2.30. The molecule has 0 aliphatic carbocycles. The van der Waals surface area contributed by atoms with Gasteiger partial charge in [0.2, 0.25) is 0 Å². The van der Waals surface area contributed by atoms with Crippen LogP contribution in [0.4, 0.5) is 0 Å². The van der Waals surface area contributed by atoms with E-state index in [1.54, 1.807) is 36.4 Å². The van der Waals surface area contributed by atoms with Crippen LogP contribution in [-0.4, -0.2) is 38.9 Å². The molecule has 0 aromatic heterocycles. The number of rotatable bonds is 2. The number of halogens is 1. The standard InChI is InChI=1S/C14H11ClN2O3/c15-8-12-11(6-3-7-16(12)20)17-13(18)9-4-1-2-5-10(9)14(17)19/h1-7,12,20H,8H2. The van der Waals surface area contributed by atoms with E-state index in [-0.39, 0.29) is 5.88 Å². The lowest BCUT2D eigenvalue weighted by Gasteiger charge is -2.31. The van der Waals surface area contributed by atoms with E-state index < -0.39 is 17.9 Å². The van der Waals surface area contributed by atoms with Crippen LogP contribution in [0.15, 0.2) is 48.3 Å². The minimum absolute atomic E-state index is 0.0556. The van der Waals surface area contributed by atoms with Gasteiger partial charge in [-0.05, 0) is 24.3 Å². The molecule has 1 N–H and O–H groups in total. The van der Waals surface area contributed by atoms with Gasteiger partial charge in [-0.25, -0.2) is 4.90 Å². The molecule has 0 radical (unpaired) electrons. The largest absolute Gasteiger partial charge is 0.288 e. The van der Waals surface area contributed by atoms with Crippen LogP contribution in [0.5, 0.6) is 0 Å². The zero-order valence-electron chi connectivity index (χ0n) is 10.4. The Labute approximate surface area is 120 Å². The highest BCUT2D eigenvalue weighted by molar-refractivity contribution is 6.23. The van der Waals surface area contributed by atoms with E-state index in [0.29, 0.717) is 16.8 Å². The second kappa shape index (κ2) is 4.77. The van der Waals surface area contributed by atoms with Gasteiger partial charge in [0.15, 0.2) is 0 Å². The van der Waals surface area contributed by atoms with Crippen molar-refractivity contribution >= 4 is 23.4 Å². The number of hydrogen-bond acceptors (Lipinski definition) is 4. The van der Waals surface area contributed by atoms with Gasteiger partial charge in [-0.3, -0.25) is 19.9 Å². The lowest BCUT2D eigenvalue weighted by atomic mass is 10.1. The summed E-state index contributed by atoms with van der Waals surface area (Å²) >= 11 is 5.83. The molecule has 2 aliphatic heterocycles. The molecule has 0 spiro atoms. The number of nitrogens with zero attached hydrogens (tertiary/aromatic N) is 2. The molecule has 5 nitrogen and oxygen atoms in total. The maximum absolute atomic E-state index is 12.4. The van der Waals surface area contributed by atoms with Gasteiger partial charge < -0.3 is 0 Å². The van der Waals surface area contributed by atoms with Gasteiger partial charge in [-0.1, -0.05) is 12.1 Å². The minimum Gasteiger partial charge on any atom is -0.288 e. The average molecular weight is 291 g/mol. The summed E-state index contributed by atoms with van der Waals surface area (Å²) in [5.41, 5.74) is 1.10. The summed E-state index contributed by atoms with van der Waals surface area (Å²) in [7, 11) is 0.